The topological polar surface area (TPSA) is 26.7 Å². The van der Waals surface area contributed by atoms with Crippen molar-refractivity contribution in [2.75, 3.05) is 29.7 Å². The second-order valence-electron chi connectivity index (χ2n) is 6.55. The molecule has 0 aromatic heterocycles. The molecule has 0 saturated carbocycles. The summed E-state index contributed by atoms with van der Waals surface area (Å²) in [5.74, 6) is 0. The summed E-state index contributed by atoms with van der Waals surface area (Å²) < 4.78 is 0. The van der Waals surface area contributed by atoms with Crippen molar-refractivity contribution in [1.82, 2.24) is 0 Å². The standard InChI is InChI=1S/C20H26N2O/c1-2-3-14-20(17-23)15-21(18-10-6-4-7-11-18)22(16-20)19-12-8-5-9-13-19/h4-13,23H,2-3,14-17H2,1H3. The van der Waals surface area contributed by atoms with Crippen LogP contribution in [0.15, 0.2) is 60.7 Å². The van der Waals surface area contributed by atoms with Crippen LogP contribution in [-0.2, 0) is 0 Å². The molecule has 1 saturated heterocycles. The van der Waals surface area contributed by atoms with Crippen LogP contribution in [-0.4, -0.2) is 24.8 Å². The predicted molar refractivity (Wildman–Crippen MR) is 96.6 cm³/mol. The molecule has 0 amide bonds. The maximum Gasteiger partial charge on any atom is 0.0574 e. The summed E-state index contributed by atoms with van der Waals surface area (Å²) in [4.78, 5) is 0. The molecule has 1 aliphatic heterocycles. The van der Waals surface area contributed by atoms with Gasteiger partial charge in [0.15, 0.2) is 0 Å². The first-order chi connectivity index (χ1) is 11.3. The molecule has 1 fully saturated rings. The summed E-state index contributed by atoms with van der Waals surface area (Å²) in [7, 11) is 0. The molecule has 23 heavy (non-hydrogen) atoms. The van der Waals surface area contributed by atoms with Gasteiger partial charge in [-0.25, -0.2) is 0 Å². The summed E-state index contributed by atoms with van der Waals surface area (Å²) in [5.41, 5.74) is 2.31. The zero-order valence-corrected chi connectivity index (χ0v) is 13.9. The first kappa shape index (κ1) is 15.9. The number of aliphatic hydroxyl groups excluding tert-OH is 1. The first-order valence-electron chi connectivity index (χ1n) is 8.54. The summed E-state index contributed by atoms with van der Waals surface area (Å²) >= 11 is 0. The highest BCUT2D eigenvalue weighted by molar-refractivity contribution is 5.60. The molecule has 2 aromatic carbocycles. The van der Waals surface area contributed by atoms with Crippen LogP contribution in [0.25, 0.3) is 0 Å². The molecule has 0 spiro atoms. The maximum atomic E-state index is 10.1. The van der Waals surface area contributed by atoms with Crippen LogP contribution in [0.4, 0.5) is 11.4 Å². The van der Waals surface area contributed by atoms with E-state index >= 15 is 0 Å². The van der Waals surface area contributed by atoms with E-state index < -0.39 is 0 Å². The number of aliphatic hydroxyl groups is 1. The zero-order valence-electron chi connectivity index (χ0n) is 13.9. The van der Waals surface area contributed by atoms with Crippen molar-refractivity contribution >= 4 is 11.4 Å². The summed E-state index contributed by atoms with van der Waals surface area (Å²) in [6.45, 7) is 4.18. The van der Waals surface area contributed by atoms with Gasteiger partial charge < -0.3 is 5.11 Å². The molecule has 1 N–H and O–H groups in total. The third-order valence-electron chi connectivity index (χ3n) is 4.77. The van der Waals surface area contributed by atoms with Crippen LogP contribution >= 0.6 is 0 Å². The van der Waals surface area contributed by atoms with Crippen LogP contribution in [0.3, 0.4) is 0 Å². The van der Waals surface area contributed by atoms with Gasteiger partial charge in [0.05, 0.1) is 18.0 Å². The van der Waals surface area contributed by atoms with Gasteiger partial charge in [0, 0.05) is 18.5 Å². The fourth-order valence-electron chi connectivity index (χ4n) is 3.41. The molecule has 0 atom stereocenters. The molecule has 1 aliphatic rings. The third-order valence-corrected chi connectivity index (χ3v) is 4.77. The minimum Gasteiger partial charge on any atom is -0.396 e. The number of benzene rings is 2. The van der Waals surface area contributed by atoms with Crippen molar-refractivity contribution in [1.29, 1.82) is 0 Å². The predicted octanol–water partition coefficient (Wildman–Crippen LogP) is 4.10. The second kappa shape index (κ2) is 7.05. The van der Waals surface area contributed by atoms with Gasteiger partial charge in [-0.1, -0.05) is 56.2 Å². The quantitative estimate of drug-likeness (QED) is 0.870. The normalized spacial score (nSPS) is 16.8. The average molecular weight is 310 g/mol. The minimum atomic E-state index is -0.0539. The number of hydrogen-bond donors (Lipinski definition) is 1. The molecule has 0 aliphatic carbocycles. The molecule has 3 heteroatoms. The van der Waals surface area contributed by atoms with E-state index in [4.69, 9.17) is 0 Å². The van der Waals surface area contributed by atoms with Gasteiger partial charge in [0.2, 0.25) is 0 Å². The number of anilines is 2. The zero-order chi connectivity index (χ0) is 16.1. The van der Waals surface area contributed by atoms with Crippen LogP contribution in [0, 0.1) is 5.41 Å². The summed E-state index contributed by atoms with van der Waals surface area (Å²) in [6.07, 6.45) is 3.39. The van der Waals surface area contributed by atoms with Gasteiger partial charge in [-0.15, -0.1) is 0 Å². The van der Waals surface area contributed by atoms with Gasteiger partial charge >= 0.3 is 0 Å². The second-order valence-corrected chi connectivity index (χ2v) is 6.55. The molecule has 3 nitrogen and oxygen atoms in total. The van der Waals surface area contributed by atoms with E-state index in [1.54, 1.807) is 0 Å². The van der Waals surface area contributed by atoms with E-state index in [0.717, 1.165) is 25.9 Å². The van der Waals surface area contributed by atoms with E-state index in [1.807, 2.05) is 12.1 Å². The van der Waals surface area contributed by atoms with Gasteiger partial charge in [-0.2, -0.15) is 0 Å². The van der Waals surface area contributed by atoms with E-state index in [9.17, 15) is 5.11 Å². The van der Waals surface area contributed by atoms with Gasteiger partial charge in [-0.05, 0) is 30.7 Å². The van der Waals surface area contributed by atoms with Crippen LogP contribution in [0.5, 0.6) is 0 Å². The van der Waals surface area contributed by atoms with E-state index in [-0.39, 0.29) is 12.0 Å². The molecule has 0 bridgehead atoms. The Morgan fingerprint density at radius 1 is 0.870 bits per heavy atom. The van der Waals surface area contributed by atoms with Crippen molar-refractivity contribution in [3.8, 4) is 0 Å². The van der Waals surface area contributed by atoms with Crippen molar-refractivity contribution in [2.24, 2.45) is 5.41 Å². The monoisotopic (exact) mass is 310 g/mol. The lowest BCUT2D eigenvalue weighted by Gasteiger charge is -2.31. The van der Waals surface area contributed by atoms with Gasteiger partial charge in [-0.3, -0.25) is 10.0 Å². The highest BCUT2D eigenvalue weighted by atomic mass is 16.3. The van der Waals surface area contributed by atoms with Crippen molar-refractivity contribution in [3.05, 3.63) is 60.7 Å². The highest BCUT2D eigenvalue weighted by Crippen LogP contribution is 2.38. The molecule has 2 aromatic rings. The lowest BCUT2D eigenvalue weighted by molar-refractivity contribution is 0.144. The van der Waals surface area contributed by atoms with E-state index in [1.165, 1.54) is 17.8 Å². The molecule has 1 heterocycles. The summed E-state index contributed by atoms with van der Waals surface area (Å²) in [6, 6.07) is 20.9. The Labute approximate surface area is 139 Å². The minimum absolute atomic E-state index is 0.0539. The van der Waals surface area contributed by atoms with Crippen molar-refractivity contribution in [3.63, 3.8) is 0 Å². The Kier molecular flexibility index (Phi) is 4.87. The lowest BCUT2D eigenvalue weighted by Crippen LogP contribution is -2.36. The van der Waals surface area contributed by atoms with Crippen molar-refractivity contribution in [2.45, 2.75) is 26.2 Å². The smallest absolute Gasteiger partial charge is 0.0574 e. The Hall–Kier alpha value is -2.00. The molecular formula is C20H26N2O. The number of nitrogens with zero attached hydrogens (tertiary/aromatic N) is 2. The first-order valence-corrected chi connectivity index (χ1v) is 8.54. The number of hydrogen-bond acceptors (Lipinski definition) is 3. The number of hydrazine groups is 1. The number of unbranched alkanes of at least 4 members (excludes halogenated alkanes) is 1. The van der Waals surface area contributed by atoms with Gasteiger partial charge in [0.1, 0.15) is 0 Å². The Morgan fingerprint density at radius 3 is 1.74 bits per heavy atom. The van der Waals surface area contributed by atoms with E-state index in [2.05, 4.69) is 65.5 Å². The van der Waals surface area contributed by atoms with Crippen LogP contribution in [0.1, 0.15) is 26.2 Å². The number of rotatable bonds is 6. The molecule has 122 valence electrons. The average Bonchev–Trinajstić information content (AvgIpc) is 3.02. The number of para-hydroxylation sites is 2. The van der Waals surface area contributed by atoms with Crippen LogP contribution in [0.2, 0.25) is 0 Å². The Balaban J connectivity index is 1.93. The third kappa shape index (κ3) is 3.35. The van der Waals surface area contributed by atoms with Crippen LogP contribution < -0.4 is 10.0 Å². The molecular weight excluding hydrogens is 284 g/mol. The highest BCUT2D eigenvalue weighted by Gasteiger charge is 2.42. The molecule has 3 rings (SSSR count). The fourth-order valence-corrected chi connectivity index (χ4v) is 3.41. The maximum absolute atomic E-state index is 10.1. The molecule has 0 unspecified atom stereocenters. The van der Waals surface area contributed by atoms with Gasteiger partial charge in [0.25, 0.3) is 0 Å². The summed E-state index contributed by atoms with van der Waals surface area (Å²) in [5, 5.41) is 14.8. The van der Waals surface area contributed by atoms with E-state index in [0.29, 0.717) is 0 Å². The lowest BCUT2D eigenvalue weighted by atomic mass is 9.84. The fraction of sp³-hybridized carbons (Fsp3) is 0.400. The molecule has 0 radical (unpaired) electrons. The Bertz CT molecular complexity index is 552. The SMILES string of the molecule is CCCCC1(CO)CN(c2ccccc2)N(c2ccccc2)C1. The Morgan fingerprint density at radius 2 is 1.35 bits per heavy atom. The largest absolute Gasteiger partial charge is 0.396 e. The van der Waals surface area contributed by atoms with Crippen molar-refractivity contribution < 1.29 is 5.11 Å².